The minimum absolute atomic E-state index is 0.0210. The highest BCUT2D eigenvalue weighted by molar-refractivity contribution is 8.13. The predicted octanol–water partition coefficient (Wildman–Crippen LogP) is 5.51. The Bertz CT molecular complexity index is 798. The molecule has 2 rings (SSSR count). The van der Waals surface area contributed by atoms with E-state index < -0.39 is 11.6 Å². The van der Waals surface area contributed by atoms with E-state index in [0.717, 1.165) is 43.4 Å². The molecule has 28 heavy (non-hydrogen) atoms. The molecule has 0 spiro atoms. The maximum atomic E-state index is 14.1. The van der Waals surface area contributed by atoms with Crippen molar-refractivity contribution in [2.24, 2.45) is 15.9 Å². The highest BCUT2D eigenvalue weighted by atomic mass is 32.2. The molecule has 150 valence electrons. The molecular formula is C21H25F2N3OS. The Labute approximate surface area is 168 Å². The first-order valence-corrected chi connectivity index (χ1v) is 10.2. The van der Waals surface area contributed by atoms with Crippen LogP contribution in [0.25, 0.3) is 0 Å². The van der Waals surface area contributed by atoms with Gasteiger partial charge in [-0.25, -0.2) is 8.78 Å². The van der Waals surface area contributed by atoms with Gasteiger partial charge in [-0.15, -0.1) is 5.10 Å². The summed E-state index contributed by atoms with van der Waals surface area (Å²) in [6, 6.07) is 11.8. The topological polar surface area (TPSA) is 60.0 Å². The fraction of sp³-hybridized carbons (Fsp3) is 0.333. The minimum atomic E-state index is -0.757. The van der Waals surface area contributed by atoms with E-state index in [-0.39, 0.29) is 16.5 Å². The Balaban J connectivity index is 1.98. The summed E-state index contributed by atoms with van der Waals surface area (Å²) >= 11 is 1.33. The largest absolute Gasteiger partial charge is 0.490 e. The van der Waals surface area contributed by atoms with E-state index in [0.29, 0.717) is 12.4 Å². The second-order valence-electron chi connectivity index (χ2n) is 6.17. The second kappa shape index (κ2) is 12.1. The molecule has 0 aliphatic carbocycles. The fourth-order valence-corrected chi connectivity index (χ4v) is 3.05. The van der Waals surface area contributed by atoms with Crippen molar-refractivity contribution in [3.8, 4) is 5.75 Å². The van der Waals surface area contributed by atoms with Crippen LogP contribution < -0.4 is 10.5 Å². The van der Waals surface area contributed by atoms with E-state index in [1.54, 1.807) is 0 Å². The number of hydrogen-bond donors (Lipinski definition) is 1. The standard InChI is InChI=1S/C21H25F2N3OS/c1-2-3-4-8-11-27-20-17(12-18(22)13-19(20)23)14-25-26-21(24)28-15-16-9-6-5-7-10-16/h5-7,9-10,12-14H,2-4,8,11,15H2,1H3,(H2,24,26). The van der Waals surface area contributed by atoms with Gasteiger partial charge in [0.1, 0.15) is 5.82 Å². The van der Waals surface area contributed by atoms with Crippen LogP contribution in [0.1, 0.15) is 43.7 Å². The molecule has 0 aliphatic rings. The molecule has 0 atom stereocenters. The molecule has 0 saturated carbocycles. The van der Waals surface area contributed by atoms with Crippen molar-refractivity contribution in [3.05, 3.63) is 65.2 Å². The first-order chi connectivity index (χ1) is 13.6. The highest BCUT2D eigenvalue weighted by Crippen LogP contribution is 2.23. The number of thioether (sulfide) groups is 1. The molecule has 0 aliphatic heterocycles. The first-order valence-electron chi connectivity index (χ1n) is 9.25. The zero-order valence-corrected chi connectivity index (χ0v) is 16.7. The summed E-state index contributed by atoms with van der Waals surface area (Å²) in [5.74, 6) is -0.820. The molecule has 0 bridgehead atoms. The number of amidine groups is 1. The summed E-state index contributed by atoms with van der Waals surface area (Å²) in [5.41, 5.74) is 7.13. The Morgan fingerprint density at radius 2 is 1.93 bits per heavy atom. The smallest absolute Gasteiger partial charge is 0.180 e. The molecule has 2 aromatic rings. The third kappa shape index (κ3) is 7.68. The number of nitrogens with two attached hydrogens (primary N) is 1. The van der Waals surface area contributed by atoms with Crippen LogP contribution in [0.5, 0.6) is 5.75 Å². The number of ether oxygens (including phenoxy) is 1. The third-order valence-corrected chi connectivity index (χ3v) is 4.72. The lowest BCUT2D eigenvalue weighted by molar-refractivity contribution is 0.289. The van der Waals surface area contributed by atoms with Crippen LogP contribution in [0.4, 0.5) is 8.78 Å². The van der Waals surface area contributed by atoms with Crippen molar-refractivity contribution >= 4 is 23.1 Å². The van der Waals surface area contributed by atoms with E-state index in [1.807, 2.05) is 30.3 Å². The summed E-state index contributed by atoms with van der Waals surface area (Å²) in [5, 5.41) is 8.00. The monoisotopic (exact) mass is 405 g/mol. The molecule has 0 saturated heterocycles. The van der Waals surface area contributed by atoms with Crippen molar-refractivity contribution < 1.29 is 13.5 Å². The van der Waals surface area contributed by atoms with Crippen molar-refractivity contribution in [3.63, 3.8) is 0 Å². The van der Waals surface area contributed by atoms with E-state index >= 15 is 0 Å². The van der Waals surface area contributed by atoms with Crippen LogP contribution in [-0.4, -0.2) is 18.0 Å². The van der Waals surface area contributed by atoms with Crippen LogP contribution >= 0.6 is 11.8 Å². The minimum Gasteiger partial charge on any atom is -0.490 e. The van der Waals surface area contributed by atoms with Gasteiger partial charge in [0, 0.05) is 17.4 Å². The molecule has 0 heterocycles. The Kier molecular flexibility index (Phi) is 9.48. The van der Waals surface area contributed by atoms with Gasteiger partial charge in [0.2, 0.25) is 0 Å². The van der Waals surface area contributed by atoms with Gasteiger partial charge >= 0.3 is 0 Å². The van der Waals surface area contributed by atoms with Gasteiger partial charge in [-0.2, -0.15) is 5.10 Å². The van der Waals surface area contributed by atoms with Gasteiger partial charge in [0.05, 0.1) is 12.8 Å². The van der Waals surface area contributed by atoms with Gasteiger partial charge in [0.15, 0.2) is 16.7 Å². The maximum absolute atomic E-state index is 14.1. The molecule has 2 aromatic carbocycles. The lowest BCUT2D eigenvalue weighted by Gasteiger charge is -2.10. The molecular weight excluding hydrogens is 380 g/mol. The Hall–Kier alpha value is -2.41. The van der Waals surface area contributed by atoms with Crippen LogP contribution in [0.15, 0.2) is 52.7 Å². The number of nitrogens with zero attached hydrogens (tertiary/aromatic N) is 2. The van der Waals surface area contributed by atoms with Crippen molar-refractivity contribution in [2.45, 2.75) is 38.4 Å². The van der Waals surface area contributed by atoms with Crippen molar-refractivity contribution in [1.82, 2.24) is 0 Å². The van der Waals surface area contributed by atoms with E-state index in [1.165, 1.54) is 18.0 Å². The van der Waals surface area contributed by atoms with E-state index in [2.05, 4.69) is 17.1 Å². The SMILES string of the molecule is CCCCCCOc1c(F)cc(F)cc1C=NN=C(N)SCc1ccccc1. The average Bonchev–Trinajstić information content (AvgIpc) is 2.68. The molecule has 7 heteroatoms. The zero-order chi connectivity index (χ0) is 20.2. The Morgan fingerprint density at radius 1 is 1.14 bits per heavy atom. The fourth-order valence-electron chi connectivity index (χ4n) is 2.44. The lowest BCUT2D eigenvalue weighted by atomic mass is 10.2. The Morgan fingerprint density at radius 3 is 2.68 bits per heavy atom. The van der Waals surface area contributed by atoms with Gasteiger partial charge in [-0.05, 0) is 18.1 Å². The van der Waals surface area contributed by atoms with Gasteiger partial charge in [0.25, 0.3) is 0 Å². The van der Waals surface area contributed by atoms with Crippen LogP contribution in [-0.2, 0) is 5.75 Å². The lowest BCUT2D eigenvalue weighted by Crippen LogP contribution is -2.06. The van der Waals surface area contributed by atoms with Crippen molar-refractivity contribution in [2.75, 3.05) is 6.61 Å². The zero-order valence-electron chi connectivity index (χ0n) is 15.9. The number of unbranched alkanes of at least 4 members (excludes halogenated alkanes) is 3. The second-order valence-corrected chi connectivity index (χ2v) is 7.17. The molecule has 0 fully saturated rings. The van der Waals surface area contributed by atoms with E-state index in [4.69, 9.17) is 10.5 Å². The van der Waals surface area contributed by atoms with Crippen LogP contribution in [0.3, 0.4) is 0 Å². The van der Waals surface area contributed by atoms with Crippen molar-refractivity contribution in [1.29, 1.82) is 0 Å². The quantitative estimate of drug-likeness (QED) is 0.245. The first kappa shape index (κ1) is 21.9. The van der Waals surface area contributed by atoms with Crippen LogP contribution in [0.2, 0.25) is 0 Å². The number of halogens is 2. The summed E-state index contributed by atoms with van der Waals surface area (Å²) < 4.78 is 33.2. The summed E-state index contributed by atoms with van der Waals surface area (Å²) in [6.07, 6.45) is 5.26. The number of benzene rings is 2. The average molecular weight is 406 g/mol. The number of rotatable bonds is 10. The van der Waals surface area contributed by atoms with Gasteiger partial charge in [-0.3, -0.25) is 0 Å². The third-order valence-electron chi connectivity index (χ3n) is 3.86. The molecule has 0 radical (unpaired) electrons. The molecule has 0 unspecified atom stereocenters. The number of hydrogen-bond acceptors (Lipinski definition) is 4. The normalized spacial score (nSPS) is 11.9. The summed E-state index contributed by atoms with van der Waals surface area (Å²) in [4.78, 5) is 0. The van der Waals surface area contributed by atoms with Gasteiger partial charge in [-0.1, -0.05) is 68.3 Å². The molecule has 0 aromatic heterocycles. The predicted molar refractivity (Wildman–Crippen MR) is 113 cm³/mol. The summed E-state index contributed by atoms with van der Waals surface area (Å²) in [6.45, 7) is 2.47. The molecule has 4 nitrogen and oxygen atoms in total. The van der Waals surface area contributed by atoms with Gasteiger partial charge < -0.3 is 10.5 Å². The summed E-state index contributed by atoms with van der Waals surface area (Å²) in [7, 11) is 0. The maximum Gasteiger partial charge on any atom is 0.180 e. The molecule has 2 N–H and O–H groups in total. The highest BCUT2D eigenvalue weighted by Gasteiger charge is 2.11. The molecule has 0 amide bonds. The van der Waals surface area contributed by atoms with E-state index in [9.17, 15) is 8.78 Å². The van der Waals surface area contributed by atoms with Crippen LogP contribution in [0, 0.1) is 11.6 Å².